The number of nitrogen functional groups attached to an aromatic ring is 1. The van der Waals surface area contributed by atoms with Crippen molar-refractivity contribution < 1.29 is 14.3 Å². The molecule has 1 aliphatic heterocycles. The second-order valence-electron chi connectivity index (χ2n) is 10.8. The monoisotopic (exact) mass is 525 g/mol. The average Bonchev–Trinajstić information content (AvgIpc) is 3.50. The van der Waals surface area contributed by atoms with Crippen LogP contribution in [-0.2, 0) is 16.0 Å². The van der Waals surface area contributed by atoms with E-state index in [1.165, 1.54) is 11.9 Å². The zero-order valence-electron chi connectivity index (χ0n) is 22.2. The van der Waals surface area contributed by atoms with Crippen LogP contribution in [-0.4, -0.2) is 60.7 Å². The van der Waals surface area contributed by atoms with Crippen LogP contribution in [0.5, 0.6) is 0 Å². The number of nitrogens with zero attached hydrogens (tertiary/aromatic N) is 6. The van der Waals surface area contributed by atoms with Crippen LogP contribution in [0.1, 0.15) is 38.1 Å². The molecule has 1 amide bonds. The summed E-state index contributed by atoms with van der Waals surface area (Å²) < 4.78 is 15.4. The van der Waals surface area contributed by atoms with Gasteiger partial charge in [0.2, 0.25) is 0 Å². The van der Waals surface area contributed by atoms with Crippen molar-refractivity contribution in [3.63, 3.8) is 0 Å². The van der Waals surface area contributed by atoms with Crippen molar-refractivity contribution in [2.24, 2.45) is 0 Å². The van der Waals surface area contributed by atoms with Crippen LogP contribution >= 0.6 is 0 Å². The van der Waals surface area contributed by atoms with E-state index in [-0.39, 0.29) is 6.09 Å². The molecule has 10 heteroatoms. The van der Waals surface area contributed by atoms with Crippen LogP contribution in [0.3, 0.4) is 0 Å². The lowest BCUT2D eigenvalue weighted by molar-refractivity contribution is -0.0452. The smallest absolute Gasteiger partial charge is 0.410 e. The summed E-state index contributed by atoms with van der Waals surface area (Å²) in [5.41, 5.74) is 11.2. The van der Waals surface area contributed by atoms with Gasteiger partial charge in [0.05, 0.1) is 30.9 Å². The molecule has 0 saturated carbocycles. The number of nitrogens with two attached hydrogens (primary N) is 1. The third-order valence-electron chi connectivity index (χ3n) is 6.71. The normalized spacial score (nSPS) is 16.2. The molecule has 0 aliphatic carbocycles. The predicted molar refractivity (Wildman–Crippen MR) is 148 cm³/mol. The number of amides is 1. The highest BCUT2D eigenvalue weighted by molar-refractivity contribution is 5.92. The van der Waals surface area contributed by atoms with Gasteiger partial charge in [-0.25, -0.2) is 14.3 Å². The van der Waals surface area contributed by atoms with E-state index in [1.54, 1.807) is 9.42 Å². The molecule has 3 aromatic heterocycles. The van der Waals surface area contributed by atoms with Gasteiger partial charge in [-0.15, -0.1) is 0 Å². The van der Waals surface area contributed by atoms with Crippen LogP contribution < -0.4 is 5.73 Å². The van der Waals surface area contributed by atoms with E-state index in [4.69, 9.17) is 20.3 Å². The zero-order chi connectivity index (χ0) is 27.1. The molecule has 0 spiro atoms. The number of aromatic nitrogens is 5. The predicted octanol–water partition coefficient (Wildman–Crippen LogP) is 4.68. The Morgan fingerprint density at radius 2 is 1.97 bits per heavy atom. The summed E-state index contributed by atoms with van der Waals surface area (Å²) in [5, 5.41) is 10.4. The Kier molecular flexibility index (Phi) is 6.19. The lowest BCUT2D eigenvalue weighted by Crippen LogP contribution is -2.44. The van der Waals surface area contributed by atoms with E-state index < -0.39 is 11.7 Å². The summed E-state index contributed by atoms with van der Waals surface area (Å²) in [6.07, 6.45) is 2.71. The van der Waals surface area contributed by atoms with Gasteiger partial charge >= 0.3 is 6.09 Å². The van der Waals surface area contributed by atoms with E-state index in [2.05, 4.69) is 40.4 Å². The molecular formula is C29H31N7O3. The number of hydrogen-bond donors (Lipinski definition) is 1. The van der Waals surface area contributed by atoms with Crippen molar-refractivity contribution in [3.05, 3.63) is 78.4 Å². The van der Waals surface area contributed by atoms with E-state index >= 15 is 0 Å². The largest absolute Gasteiger partial charge is 0.444 e. The molecule has 2 aromatic carbocycles. The molecule has 1 saturated heterocycles. The Morgan fingerprint density at radius 1 is 1.15 bits per heavy atom. The minimum absolute atomic E-state index is 0.341. The molecule has 5 aromatic rings. The summed E-state index contributed by atoms with van der Waals surface area (Å²) in [7, 11) is 0. The van der Waals surface area contributed by atoms with Crippen LogP contribution in [0.2, 0.25) is 0 Å². The molecule has 6 rings (SSSR count). The van der Waals surface area contributed by atoms with Crippen LogP contribution in [0.4, 0.5) is 10.6 Å². The number of hydrogen-bond acceptors (Lipinski definition) is 7. The number of morpholine rings is 1. The molecule has 0 radical (unpaired) electrons. The topological polar surface area (TPSA) is 113 Å². The first kappa shape index (κ1) is 24.9. The molecule has 0 bridgehead atoms. The number of carbonyl (C=O) groups is 1. The quantitative estimate of drug-likeness (QED) is 0.362. The van der Waals surface area contributed by atoms with Gasteiger partial charge in [0, 0.05) is 23.7 Å². The van der Waals surface area contributed by atoms with Gasteiger partial charge in [0.15, 0.2) is 5.82 Å². The highest BCUT2D eigenvalue weighted by Crippen LogP contribution is 2.35. The standard InChI is InChI=1S/C29H31N7O3/c1-29(2,3)39-28(37)34-11-12-38-25(17-34)24-14-22(26-27(30)31-18-32-36(24)26)20-9-10-21-16-35(33-23(21)13-20)15-19-7-5-4-6-8-19/h4-10,13-14,16,18,25H,11-12,15,17H2,1-3H3,(H2,30,31,32). The Bertz CT molecular complexity index is 1650. The SMILES string of the molecule is CC(C)(C)OC(=O)N1CCOC(c2cc(-c3ccc4cn(Cc5ccccc5)nc4c3)c3c(N)ncnn23)C1. The molecule has 1 aliphatic rings. The third kappa shape index (κ3) is 5.03. The second-order valence-corrected chi connectivity index (χ2v) is 10.8. The van der Waals surface area contributed by atoms with E-state index in [0.29, 0.717) is 37.6 Å². The average molecular weight is 526 g/mol. The highest BCUT2D eigenvalue weighted by Gasteiger charge is 2.31. The molecule has 1 atom stereocenters. The van der Waals surface area contributed by atoms with Crippen molar-refractivity contribution in [1.82, 2.24) is 29.3 Å². The van der Waals surface area contributed by atoms with Crippen molar-refractivity contribution in [3.8, 4) is 11.1 Å². The lowest BCUT2D eigenvalue weighted by atomic mass is 10.0. The summed E-state index contributed by atoms with van der Waals surface area (Å²) in [6, 6.07) is 18.4. The van der Waals surface area contributed by atoms with Crippen molar-refractivity contribution in [2.45, 2.75) is 39.0 Å². The summed E-state index contributed by atoms with van der Waals surface area (Å²) in [4.78, 5) is 18.7. The fourth-order valence-corrected chi connectivity index (χ4v) is 4.95. The van der Waals surface area contributed by atoms with Crippen molar-refractivity contribution in [2.75, 3.05) is 25.4 Å². The molecular weight excluding hydrogens is 494 g/mol. The van der Waals surface area contributed by atoms with Gasteiger partial charge in [0.25, 0.3) is 0 Å². The van der Waals surface area contributed by atoms with Crippen LogP contribution in [0.25, 0.3) is 27.5 Å². The number of rotatable bonds is 4. The molecule has 39 heavy (non-hydrogen) atoms. The maximum atomic E-state index is 12.8. The molecule has 200 valence electrons. The minimum Gasteiger partial charge on any atom is -0.444 e. The van der Waals surface area contributed by atoms with Crippen molar-refractivity contribution in [1.29, 1.82) is 0 Å². The van der Waals surface area contributed by atoms with Gasteiger partial charge in [-0.05, 0) is 44.0 Å². The van der Waals surface area contributed by atoms with Crippen LogP contribution in [0, 0.1) is 0 Å². The van der Waals surface area contributed by atoms with Crippen LogP contribution in [0.15, 0.2) is 67.1 Å². The van der Waals surface area contributed by atoms with Gasteiger partial charge < -0.3 is 20.1 Å². The number of benzene rings is 2. The number of carbonyl (C=O) groups excluding carboxylic acids is 1. The van der Waals surface area contributed by atoms with Gasteiger partial charge in [-0.2, -0.15) is 10.2 Å². The lowest BCUT2D eigenvalue weighted by Gasteiger charge is -2.34. The Hall–Kier alpha value is -4.44. The fraction of sp³-hybridized carbons (Fsp3) is 0.310. The first-order valence-corrected chi connectivity index (χ1v) is 13.0. The summed E-state index contributed by atoms with van der Waals surface area (Å²) in [5.74, 6) is 0.362. The number of fused-ring (bicyclic) bond motifs is 2. The molecule has 1 unspecified atom stereocenters. The Morgan fingerprint density at radius 3 is 2.77 bits per heavy atom. The molecule has 1 fully saturated rings. The molecule has 2 N–H and O–H groups in total. The Balaban J connectivity index is 1.35. The second kappa shape index (κ2) is 9.70. The van der Waals surface area contributed by atoms with E-state index in [0.717, 1.165) is 27.7 Å². The first-order chi connectivity index (χ1) is 18.7. The Labute approximate surface area is 225 Å². The maximum absolute atomic E-state index is 12.8. The fourth-order valence-electron chi connectivity index (χ4n) is 4.95. The maximum Gasteiger partial charge on any atom is 0.410 e. The third-order valence-corrected chi connectivity index (χ3v) is 6.71. The zero-order valence-corrected chi connectivity index (χ0v) is 22.2. The van der Waals surface area contributed by atoms with E-state index in [1.807, 2.05) is 55.9 Å². The summed E-state index contributed by atoms with van der Waals surface area (Å²) in [6.45, 7) is 7.45. The van der Waals surface area contributed by atoms with Crippen molar-refractivity contribution >= 4 is 28.3 Å². The van der Waals surface area contributed by atoms with E-state index in [9.17, 15) is 4.79 Å². The number of ether oxygens (including phenoxy) is 2. The number of anilines is 1. The highest BCUT2D eigenvalue weighted by atomic mass is 16.6. The minimum atomic E-state index is -0.575. The van der Waals surface area contributed by atoms with Gasteiger partial charge in [-0.1, -0.05) is 42.5 Å². The van der Waals surface area contributed by atoms with Gasteiger partial charge in [-0.3, -0.25) is 4.68 Å². The first-order valence-electron chi connectivity index (χ1n) is 13.0. The molecule has 4 heterocycles. The van der Waals surface area contributed by atoms with Gasteiger partial charge in [0.1, 0.15) is 23.5 Å². The summed E-state index contributed by atoms with van der Waals surface area (Å²) >= 11 is 0. The molecule has 10 nitrogen and oxygen atoms in total.